The van der Waals surface area contributed by atoms with Gasteiger partial charge in [0.05, 0.1) is 23.2 Å². The van der Waals surface area contributed by atoms with E-state index in [0.717, 1.165) is 16.2 Å². The van der Waals surface area contributed by atoms with Crippen molar-refractivity contribution in [1.82, 2.24) is 15.2 Å². The number of fused-ring (bicyclic) bond motifs is 1. The molecule has 0 spiro atoms. The molecule has 1 aromatic heterocycles. The van der Waals surface area contributed by atoms with E-state index in [9.17, 15) is 9.59 Å². The number of ether oxygens (including phenoxy) is 3. The number of urea groups is 1. The fraction of sp³-hybridized carbons (Fsp3) is 0.458. The quantitative estimate of drug-likeness (QED) is 0.646. The summed E-state index contributed by atoms with van der Waals surface area (Å²) in [7, 11) is 1.56. The van der Waals surface area contributed by atoms with E-state index in [-0.39, 0.29) is 37.9 Å². The summed E-state index contributed by atoms with van der Waals surface area (Å²) in [5, 5.41) is 11.1. The van der Waals surface area contributed by atoms with Crippen molar-refractivity contribution < 1.29 is 23.8 Å². The van der Waals surface area contributed by atoms with Gasteiger partial charge in [-0.2, -0.15) is 5.10 Å². The Labute approximate surface area is 203 Å². The van der Waals surface area contributed by atoms with Crippen LogP contribution in [0, 0.1) is 0 Å². The van der Waals surface area contributed by atoms with Gasteiger partial charge in [0.25, 0.3) is 5.91 Å². The van der Waals surface area contributed by atoms with Gasteiger partial charge in [0.1, 0.15) is 6.54 Å². The highest BCUT2D eigenvalue weighted by Gasteiger charge is 2.35. The second kappa shape index (κ2) is 10.0. The third kappa shape index (κ3) is 5.51. The van der Waals surface area contributed by atoms with Gasteiger partial charge in [0, 0.05) is 25.6 Å². The molecule has 10 heteroatoms. The van der Waals surface area contributed by atoms with E-state index in [0.29, 0.717) is 24.5 Å². The van der Waals surface area contributed by atoms with Crippen LogP contribution in [0.2, 0.25) is 0 Å². The number of rotatable bonds is 7. The van der Waals surface area contributed by atoms with Gasteiger partial charge < -0.3 is 24.4 Å². The molecule has 0 aliphatic carbocycles. The predicted molar refractivity (Wildman–Crippen MR) is 129 cm³/mol. The van der Waals surface area contributed by atoms with Crippen LogP contribution < -0.4 is 14.8 Å². The van der Waals surface area contributed by atoms with Crippen LogP contribution in [-0.2, 0) is 9.53 Å². The van der Waals surface area contributed by atoms with E-state index in [1.165, 1.54) is 9.91 Å². The molecule has 2 aliphatic heterocycles. The number of nitrogens with one attached hydrogen (secondary N) is 1. The molecule has 3 heterocycles. The summed E-state index contributed by atoms with van der Waals surface area (Å²) in [6.45, 7) is 6.36. The highest BCUT2D eigenvalue weighted by Crippen LogP contribution is 2.39. The number of carbonyl (C=O) groups excluding carboxylic acids is 2. The van der Waals surface area contributed by atoms with Crippen LogP contribution in [-0.4, -0.2) is 66.7 Å². The van der Waals surface area contributed by atoms with Crippen LogP contribution >= 0.6 is 11.3 Å². The van der Waals surface area contributed by atoms with Crippen molar-refractivity contribution in [2.45, 2.75) is 38.8 Å². The van der Waals surface area contributed by atoms with Gasteiger partial charge in [-0.1, -0.05) is 12.1 Å². The van der Waals surface area contributed by atoms with Gasteiger partial charge in [-0.05, 0) is 49.9 Å². The molecule has 3 amide bonds. The average Bonchev–Trinajstić information content (AvgIpc) is 3.54. The minimum absolute atomic E-state index is 0.118. The maximum atomic E-state index is 13.5. The fourth-order valence-corrected chi connectivity index (χ4v) is 4.52. The lowest BCUT2D eigenvalue weighted by Crippen LogP contribution is -2.52. The van der Waals surface area contributed by atoms with E-state index in [4.69, 9.17) is 19.3 Å². The number of amides is 3. The minimum atomic E-state index is -0.432. The van der Waals surface area contributed by atoms with Crippen LogP contribution in [0.1, 0.15) is 43.7 Å². The molecule has 9 nitrogen and oxygen atoms in total. The Morgan fingerprint density at radius 3 is 2.76 bits per heavy atom. The molecule has 1 aromatic carbocycles. The Hall–Kier alpha value is -3.11. The van der Waals surface area contributed by atoms with Crippen molar-refractivity contribution in [2.24, 2.45) is 5.10 Å². The summed E-state index contributed by atoms with van der Waals surface area (Å²) in [6.07, 6.45) is 0.568. The smallest absolute Gasteiger partial charge is 0.318 e. The van der Waals surface area contributed by atoms with E-state index in [2.05, 4.69) is 5.32 Å². The summed E-state index contributed by atoms with van der Waals surface area (Å²) in [5.41, 5.74) is 1.31. The SMILES string of the molecule is COCCN(CC(=O)N1N=C(c2cccs2)C[C@@H]1c1ccc2c(c1)OCO2)C(=O)NC(C)(C)C. The van der Waals surface area contributed by atoms with Gasteiger partial charge >= 0.3 is 6.03 Å². The lowest BCUT2D eigenvalue weighted by atomic mass is 10.0. The Balaban J connectivity index is 1.59. The first kappa shape index (κ1) is 24.0. The number of hydrogen-bond donors (Lipinski definition) is 1. The molecule has 0 fully saturated rings. The molecule has 0 unspecified atom stereocenters. The Kier molecular flexibility index (Phi) is 7.08. The normalized spacial score (nSPS) is 17.0. The van der Waals surface area contributed by atoms with Crippen molar-refractivity contribution in [3.63, 3.8) is 0 Å². The van der Waals surface area contributed by atoms with Crippen molar-refractivity contribution in [3.8, 4) is 11.5 Å². The number of methoxy groups -OCH3 is 1. The highest BCUT2D eigenvalue weighted by atomic mass is 32.1. The zero-order valence-electron chi connectivity index (χ0n) is 19.9. The molecule has 182 valence electrons. The number of hydrogen-bond acceptors (Lipinski definition) is 7. The van der Waals surface area contributed by atoms with Crippen LogP contribution in [0.5, 0.6) is 11.5 Å². The number of carbonyl (C=O) groups is 2. The molecular formula is C24H30N4O5S. The fourth-order valence-electron chi connectivity index (χ4n) is 3.80. The molecule has 0 radical (unpaired) electrons. The Morgan fingerprint density at radius 2 is 2.06 bits per heavy atom. The molecule has 0 saturated heterocycles. The lowest BCUT2D eigenvalue weighted by Gasteiger charge is -2.30. The first-order valence-electron chi connectivity index (χ1n) is 11.1. The molecule has 0 bridgehead atoms. The van der Waals surface area contributed by atoms with Crippen LogP contribution in [0.15, 0.2) is 40.8 Å². The monoisotopic (exact) mass is 486 g/mol. The van der Waals surface area contributed by atoms with Gasteiger partial charge in [-0.3, -0.25) is 4.79 Å². The number of hydrazone groups is 1. The largest absolute Gasteiger partial charge is 0.454 e. The molecule has 2 aliphatic rings. The Bertz CT molecular complexity index is 1060. The molecule has 34 heavy (non-hydrogen) atoms. The second-order valence-corrected chi connectivity index (χ2v) is 10.1. The zero-order valence-corrected chi connectivity index (χ0v) is 20.7. The number of thiophene rings is 1. The summed E-state index contributed by atoms with van der Waals surface area (Å²) >= 11 is 1.58. The Morgan fingerprint density at radius 1 is 1.26 bits per heavy atom. The number of nitrogens with zero attached hydrogens (tertiary/aromatic N) is 3. The van der Waals surface area contributed by atoms with Gasteiger partial charge in [0.2, 0.25) is 6.79 Å². The van der Waals surface area contributed by atoms with Gasteiger partial charge in [-0.25, -0.2) is 9.80 Å². The minimum Gasteiger partial charge on any atom is -0.454 e. The van der Waals surface area contributed by atoms with Crippen molar-refractivity contribution in [1.29, 1.82) is 0 Å². The summed E-state index contributed by atoms with van der Waals surface area (Å²) in [4.78, 5) is 28.9. The second-order valence-electron chi connectivity index (χ2n) is 9.19. The standard InChI is InChI=1S/C24H30N4O5S/c1-24(2,3)25-23(30)27(9-10-31-4)14-22(29)28-18(13-17(26-28)21-6-5-11-34-21)16-7-8-19-20(12-16)33-15-32-19/h5-8,11-12,18H,9-10,13-15H2,1-4H3,(H,25,30)/t18-/m1/s1. The topological polar surface area (TPSA) is 92.7 Å². The lowest BCUT2D eigenvalue weighted by molar-refractivity contribution is -0.133. The molecule has 1 atom stereocenters. The number of benzene rings is 1. The third-order valence-electron chi connectivity index (χ3n) is 5.41. The van der Waals surface area contributed by atoms with Crippen molar-refractivity contribution in [2.75, 3.05) is 33.6 Å². The van der Waals surface area contributed by atoms with Crippen LogP contribution in [0.3, 0.4) is 0 Å². The van der Waals surface area contributed by atoms with E-state index in [1.54, 1.807) is 18.4 Å². The summed E-state index contributed by atoms with van der Waals surface area (Å²) < 4.78 is 16.1. The average molecular weight is 487 g/mol. The van der Waals surface area contributed by atoms with E-state index in [1.807, 2.05) is 56.5 Å². The van der Waals surface area contributed by atoms with Gasteiger partial charge in [-0.15, -0.1) is 11.3 Å². The van der Waals surface area contributed by atoms with Crippen LogP contribution in [0.25, 0.3) is 0 Å². The maximum Gasteiger partial charge on any atom is 0.318 e. The van der Waals surface area contributed by atoms with Crippen molar-refractivity contribution in [3.05, 3.63) is 46.2 Å². The third-order valence-corrected chi connectivity index (χ3v) is 6.33. The predicted octanol–water partition coefficient (Wildman–Crippen LogP) is 3.61. The molecule has 2 aromatic rings. The van der Waals surface area contributed by atoms with Crippen LogP contribution in [0.4, 0.5) is 4.79 Å². The first-order valence-corrected chi connectivity index (χ1v) is 12.0. The molecular weight excluding hydrogens is 456 g/mol. The van der Waals surface area contributed by atoms with Crippen molar-refractivity contribution >= 4 is 29.0 Å². The zero-order chi connectivity index (χ0) is 24.3. The summed E-state index contributed by atoms with van der Waals surface area (Å²) in [6, 6.07) is 9.01. The van der Waals surface area contributed by atoms with E-state index < -0.39 is 5.54 Å². The highest BCUT2D eigenvalue weighted by molar-refractivity contribution is 7.12. The maximum absolute atomic E-state index is 13.5. The molecule has 0 saturated carbocycles. The first-order chi connectivity index (χ1) is 16.2. The molecule has 1 N–H and O–H groups in total. The molecule has 4 rings (SSSR count). The van der Waals surface area contributed by atoms with Gasteiger partial charge in [0.15, 0.2) is 11.5 Å². The summed E-state index contributed by atoms with van der Waals surface area (Å²) in [5.74, 6) is 1.07. The van der Waals surface area contributed by atoms with E-state index >= 15 is 0 Å².